The first kappa shape index (κ1) is 36.4. The highest BCUT2D eigenvalue weighted by Gasteiger charge is 2.53. The van der Waals surface area contributed by atoms with E-state index in [4.69, 9.17) is 13.0 Å². The molecule has 0 heterocycles. The molecule has 1 saturated carbocycles. The van der Waals surface area contributed by atoms with E-state index in [9.17, 15) is 8.42 Å². The average Bonchev–Trinajstić information content (AvgIpc) is 3.57. The van der Waals surface area contributed by atoms with Gasteiger partial charge in [-0.2, -0.15) is 8.42 Å². The van der Waals surface area contributed by atoms with Crippen LogP contribution in [0.2, 0.25) is 10.1 Å². The molecule has 256 valence electrons. The number of rotatable bonds is 13. The zero-order valence-electron chi connectivity index (χ0n) is 29.4. The number of hydrogen-bond donors (Lipinski definition) is 0. The lowest BCUT2D eigenvalue weighted by Crippen LogP contribution is -2.68. The summed E-state index contributed by atoms with van der Waals surface area (Å²) in [6, 6.07) is 41.4. The summed E-state index contributed by atoms with van der Waals surface area (Å²) in [5.74, 6) is 0. The van der Waals surface area contributed by atoms with Crippen LogP contribution in [0.4, 0.5) is 0 Å². The molecular weight excluding hydrogens is 649 g/mol. The Balaban J connectivity index is 1.60. The Morgan fingerprint density at radius 3 is 1.12 bits per heavy atom. The smallest absolute Gasteiger partial charge is 0.274 e. The van der Waals surface area contributed by atoms with Gasteiger partial charge in [0, 0.05) is 0 Å². The predicted molar refractivity (Wildman–Crippen MR) is 203 cm³/mol. The van der Waals surface area contributed by atoms with Gasteiger partial charge in [-0.1, -0.05) is 176 Å². The van der Waals surface area contributed by atoms with E-state index in [0.29, 0.717) is 0 Å². The molecule has 0 amide bonds. The van der Waals surface area contributed by atoms with Crippen molar-refractivity contribution in [2.75, 3.05) is 13.2 Å². The zero-order valence-corrected chi connectivity index (χ0v) is 32.2. The van der Waals surface area contributed by atoms with Gasteiger partial charge < -0.3 is 8.85 Å². The molecule has 5 nitrogen and oxygen atoms in total. The third kappa shape index (κ3) is 7.49. The van der Waals surface area contributed by atoms with E-state index in [-0.39, 0.29) is 29.4 Å². The molecule has 48 heavy (non-hydrogen) atoms. The molecule has 1 fully saturated rings. The van der Waals surface area contributed by atoms with Crippen LogP contribution in [0.15, 0.2) is 121 Å². The van der Waals surface area contributed by atoms with Gasteiger partial charge >= 0.3 is 0 Å². The van der Waals surface area contributed by atoms with Crippen molar-refractivity contribution in [2.45, 2.75) is 88.7 Å². The van der Waals surface area contributed by atoms with Crippen LogP contribution in [0.3, 0.4) is 0 Å². The molecule has 4 aromatic rings. The Kier molecular flexibility index (Phi) is 11.3. The molecule has 8 heteroatoms. The maximum Gasteiger partial charge on any atom is 0.274 e. The second-order valence-corrected chi connectivity index (χ2v) is 25.5. The predicted octanol–water partition coefficient (Wildman–Crippen LogP) is 6.80. The molecule has 0 aliphatic heterocycles. The van der Waals surface area contributed by atoms with Gasteiger partial charge in [-0.25, -0.2) is 0 Å². The van der Waals surface area contributed by atoms with E-state index in [1.807, 2.05) is 72.8 Å². The molecule has 0 saturated heterocycles. The van der Waals surface area contributed by atoms with Gasteiger partial charge in [0.05, 0.1) is 19.3 Å². The van der Waals surface area contributed by atoms with Crippen LogP contribution in [0.5, 0.6) is 0 Å². The van der Waals surface area contributed by atoms with Gasteiger partial charge in [-0.15, -0.1) is 0 Å². The van der Waals surface area contributed by atoms with Crippen LogP contribution in [0.1, 0.15) is 67.2 Å². The molecule has 0 aromatic heterocycles. The highest BCUT2D eigenvalue weighted by molar-refractivity contribution is 7.87. The van der Waals surface area contributed by atoms with E-state index < -0.39 is 32.0 Å². The fourth-order valence-corrected chi connectivity index (χ4v) is 18.1. The molecule has 5 rings (SSSR count). The van der Waals surface area contributed by atoms with Crippen LogP contribution in [0.25, 0.3) is 0 Å². The molecule has 1 aliphatic rings. The van der Waals surface area contributed by atoms with Crippen LogP contribution in [0, 0.1) is 0 Å². The fourth-order valence-electron chi connectivity index (χ4n) is 7.43. The zero-order chi connectivity index (χ0) is 34.5. The summed E-state index contributed by atoms with van der Waals surface area (Å²) in [5, 5.41) is 2.76. The Labute approximate surface area is 291 Å². The Bertz CT molecular complexity index is 1500. The maximum absolute atomic E-state index is 14.4. The number of benzene rings is 4. The molecule has 0 radical (unpaired) electrons. The van der Waals surface area contributed by atoms with Gasteiger partial charge in [-0.3, -0.25) is 4.18 Å². The normalized spacial score (nSPS) is 15.2. The van der Waals surface area contributed by atoms with Crippen molar-refractivity contribution in [1.82, 2.24) is 0 Å². The lowest BCUT2D eigenvalue weighted by Gasteiger charge is -2.45. The van der Waals surface area contributed by atoms with Gasteiger partial charge in [0.1, 0.15) is 5.25 Å². The lowest BCUT2D eigenvalue weighted by molar-refractivity contribution is 0.188. The molecule has 0 spiro atoms. The Morgan fingerprint density at radius 2 is 0.854 bits per heavy atom. The average molecular weight is 701 g/mol. The number of hydrogen-bond acceptors (Lipinski definition) is 5. The minimum atomic E-state index is -4.08. The second kappa shape index (κ2) is 14.9. The van der Waals surface area contributed by atoms with Crippen LogP contribution >= 0.6 is 0 Å². The lowest BCUT2D eigenvalue weighted by atomic mass is 10.2. The summed E-state index contributed by atoms with van der Waals surface area (Å²) in [6.07, 6.45) is 3.14. The van der Waals surface area contributed by atoms with E-state index in [2.05, 4.69) is 90.1 Å². The molecule has 0 unspecified atom stereocenters. The van der Waals surface area contributed by atoms with Crippen LogP contribution in [-0.2, 0) is 23.2 Å². The standard InChI is InChI=1S/C40H52O5SSi2/c1-39(2,3)47(35-23-11-7-12-24-35,36-25-13-8-14-26-36)43-31-34(46(41,42)45-33-21-19-20-22-33)32-44-48(40(4,5)6,37-27-15-9-16-28-37)38-29-17-10-18-30-38/h7-18,23-30,33-34H,19-22,31-32H2,1-6H3. The van der Waals surface area contributed by atoms with Crippen molar-refractivity contribution >= 4 is 47.5 Å². The summed E-state index contributed by atoms with van der Waals surface area (Å²) >= 11 is 0. The molecule has 1 aliphatic carbocycles. The minimum Gasteiger partial charge on any atom is -0.406 e. The summed E-state index contributed by atoms with van der Waals surface area (Å²) in [7, 11) is -10.2. The second-order valence-electron chi connectivity index (χ2n) is 15.1. The van der Waals surface area contributed by atoms with Gasteiger partial charge in [0.25, 0.3) is 26.8 Å². The van der Waals surface area contributed by atoms with Crippen molar-refractivity contribution in [3.8, 4) is 0 Å². The quantitative estimate of drug-likeness (QED) is 0.114. The highest BCUT2D eigenvalue weighted by atomic mass is 32.2. The highest BCUT2D eigenvalue weighted by Crippen LogP contribution is 2.39. The van der Waals surface area contributed by atoms with Crippen molar-refractivity contribution in [1.29, 1.82) is 0 Å². The third-order valence-electron chi connectivity index (χ3n) is 9.79. The van der Waals surface area contributed by atoms with Crippen molar-refractivity contribution < 1.29 is 21.5 Å². The van der Waals surface area contributed by atoms with Crippen molar-refractivity contribution in [3.63, 3.8) is 0 Å². The first-order chi connectivity index (χ1) is 22.8. The van der Waals surface area contributed by atoms with Crippen LogP contribution in [-0.4, -0.2) is 49.6 Å². The van der Waals surface area contributed by atoms with E-state index in [0.717, 1.165) is 46.4 Å². The topological polar surface area (TPSA) is 61.8 Å². The van der Waals surface area contributed by atoms with Crippen LogP contribution < -0.4 is 20.7 Å². The van der Waals surface area contributed by atoms with E-state index in [1.165, 1.54) is 0 Å². The summed E-state index contributed by atoms with van der Waals surface area (Å²) in [6.45, 7) is 13.1. The summed E-state index contributed by atoms with van der Waals surface area (Å²) in [5.41, 5.74) is 0. The maximum atomic E-state index is 14.4. The van der Waals surface area contributed by atoms with E-state index in [1.54, 1.807) is 0 Å². The molecule has 0 atom stereocenters. The first-order valence-electron chi connectivity index (χ1n) is 17.2. The monoisotopic (exact) mass is 700 g/mol. The summed E-state index contributed by atoms with van der Waals surface area (Å²) in [4.78, 5) is 0. The first-order valence-corrected chi connectivity index (χ1v) is 22.5. The molecule has 0 bridgehead atoms. The van der Waals surface area contributed by atoms with E-state index >= 15 is 0 Å². The SMILES string of the molecule is CC(C)(C)[Si](OCC(CO[Si](c1ccccc1)(c1ccccc1)C(C)(C)C)S(=O)(=O)OC1CCCC1)(c1ccccc1)c1ccccc1. The summed E-state index contributed by atoms with van der Waals surface area (Å²) < 4.78 is 49.4. The largest absolute Gasteiger partial charge is 0.406 e. The Hall–Kier alpha value is -2.86. The van der Waals surface area contributed by atoms with Crippen molar-refractivity contribution in [3.05, 3.63) is 121 Å². The van der Waals surface area contributed by atoms with Gasteiger partial charge in [0.2, 0.25) is 0 Å². The van der Waals surface area contributed by atoms with Gasteiger partial charge in [0.15, 0.2) is 0 Å². The van der Waals surface area contributed by atoms with Crippen molar-refractivity contribution in [2.24, 2.45) is 0 Å². The molecule has 4 aromatic carbocycles. The molecular formula is C40H52O5SSi2. The fraction of sp³-hybridized carbons (Fsp3) is 0.400. The minimum absolute atomic E-state index is 0.0411. The van der Waals surface area contributed by atoms with Gasteiger partial charge in [-0.05, 0) is 43.7 Å². The Morgan fingerprint density at radius 1 is 0.562 bits per heavy atom. The molecule has 0 N–H and O–H groups in total. The third-order valence-corrected chi connectivity index (χ3v) is 21.4.